The Balaban J connectivity index is 0.000000277. The van der Waals surface area contributed by atoms with Crippen LogP contribution in [0.25, 0.3) is 0 Å². The molecule has 466 valence electrons. The number of hydrogen-bond acceptors (Lipinski definition) is 17. The van der Waals surface area contributed by atoms with Crippen LogP contribution in [0.1, 0.15) is 148 Å². The molecule has 3 heterocycles. The Morgan fingerprint density at radius 3 is 1.01 bits per heavy atom. The summed E-state index contributed by atoms with van der Waals surface area (Å²) in [7, 11) is 10.7. The molecule has 3 amide bonds. The van der Waals surface area contributed by atoms with Crippen LogP contribution in [0.2, 0.25) is 0 Å². The molecule has 0 saturated heterocycles. The van der Waals surface area contributed by atoms with Gasteiger partial charge in [-0.1, -0.05) is 101 Å². The minimum atomic E-state index is -0.464. The zero-order valence-corrected chi connectivity index (χ0v) is 57.4. The molecule has 6 rings (SSSR count). The van der Waals surface area contributed by atoms with Crippen molar-refractivity contribution in [3.8, 4) is 0 Å². The number of nitrogens with one attached hydrogen (secondary N) is 6. The number of benzene rings is 3. The van der Waals surface area contributed by atoms with E-state index < -0.39 is 4.92 Å². The van der Waals surface area contributed by atoms with Crippen LogP contribution in [0.5, 0.6) is 0 Å². The predicted octanol–water partition coefficient (Wildman–Crippen LogP) is 13.2. The van der Waals surface area contributed by atoms with E-state index in [4.69, 9.17) is 9.97 Å². The van der Waals surface area contributed by atoms with Gasteiger partial charge in [-0.15, -0.1) is 0 Å². The summed E-state index contributed by atoms with van der Waals surface area (Å²) >= 11 is 7.38. The summed E-state index contributed by atoms with van der Waals surface area (Å²) < 4.78 is 1.61. The minimum absolute atomic E-state index is 0.0774. The molecule has 0 saturated carbocycles. The molecule has 0 aliphatic heterocycles. The third-order valence-electron chi connectivity index (χ3n) is 13.0. The quantitative estimate of drug-likeness (QED) is 0.0326. The lowest BCUT2D eigenvalue weighted by Crippen LogP contribution is -2.31. The van der Waals surface area contributed by atoms with Crippen molar-refractivity contribution in [2.75, 3.05) is 92.6 Å². The first kappa shape index (κ1) is 71.0. The van der Waals surface area contributed by atoms with Gasteiger partial charge >= 0.3 is 5.69 Å². The minimum Gasteiger partial charge on any atom is -0.358 e. The third kappa shape index (κ3) is 20.3. The van der Waals surface area contributed by atoms with Crippen molar-refractivity contribution in [1.82, 2.24) is 45.9 Å². The first-order valence-electron chi connectivity index (χ1n) is 28.7. The van der Waals surface area contributed by atoms with Crippen molar-refractivity contribution in [3.63, 3.8) is 0 Å². The summed E-state index contributed by atoms with van der Waals surface area (Å²) in [4.78, 5) is 81.2. The van der Waals surface area contributed by atoms with E-state index >= 15 is 0 Å². The highest BCUT2D eigenvalue weighted by atomic mass is 79.9. The Labute approximate surface area is 526 Å². The lowest BCUT2D eigenvalue weighted by Gasteiger charge is -2.29. The molecule has 86 heavy (non-hydrogen) atoms. The highest BCUT2D eigenvalue weighted by molar-refractivity contribution is 9.11. The molecule has 0 fully saturated rings. The molecule has 0 bridgehead atoms. The monoisotopic (exact) mass is 1310 g/mol. The SMILES string of the molecule is CCc1nc(Nc2cc(C(=O)NC)ccc2C)c(Br)c(N(C)CC(C)(C)C)n1.CCc1nc(Nc2cc(C(=O)NC)ccc2C)c(Br)c(N(C)CC(C)(C)C)n1.CCc1nc(Nc2cc(C(=O)NC)ccc2C)c([N+](=O)[O-])c(N(C)CC(C)(C)C)n1. The van der Waals surface area contributed by atoms with Crippen LogP contribution in [0.3, 0.4) is 0 Å². The largest absolute Gasteiger partial charge is 0.358 e. The molecule has 0 unspecified atom stereocenters. The summed E-state index contributed by atoms with van der Waals surface area (Å²) in [6.07, 6.45) is 1.99. The van der Waals surface area contributed by atoms with Crippen LogP contribution in [-0.4, -0.2) is 114 Å². The Bertz CT molecular complexity index is 3230. The van der Waals surface area contributed by atoms with Crippen LogP contribution >= 0.6 is 31.9 Å². The van der Waals surface area contributed by atoms with Gasteiger partial charge in [0, 0.05) is 115 Å². The van der Waals surface area contributed by atoms with Gasteiger partial charge in [0.05, 0.1) is 4.92 Å². The summed E-state index contributed by atoms with van der Waals surface area (Å²) in [5.74, 6) is 5.02. The van der Waals surface area contributed by atoms with E-state index in [9.17, 15) is 24.5 Å². The van der Waals surface area contributed by atoms with Crippen molar-refractivity contribution in [3.05, 3.63) is 125 Å². The number of nitro groups is 1. The summed E-state index contributed by atoms with van der Waals surface area (Å²) in [6, 6.07) is 16.3. The average molecular weight is 1310 g/mol. The van der Waals surface area contributed by atoms with Crippen LogP contribution < -0.4 is 46.6 Å². The standard InChI is InChI=1S/2C21H30BrN5O.C21H30N6O3/c2*1-8-16-25-18(17(22)19(26-16)27(7)12-21(3,4)5)24-15-11-14(20(28)23-6)10-9-13(15)2;1-8-16-24-18(23-15-11-14(20(28)22-6)10-9-13(15)2)17(27(29)30)19(25-16)26(7)12-21(3,4)5/h2*9-11H,8,12H2,1-7H3,(H,23,28)(H,24,25,26);9-11H,8,12H2,1-7H3,(H,22,28)(H,23,24,25). The zero-order valence-electron chi connectivity index (χ0n) is 54.2. The number of anilines is 9. The molecule has 0 aliphatic rings. The number of rotatable bonds is 19. The maximum Gasteiger partial charge on any atom is 0.353 e. The van der Waals surface area contributed by atoms with Crippen molar-refractivity contribution < 1.29 is 19.3 Å². The van der Waals surface area contributed by atoms with Gasteiger partial charge in [0.15, 0.2) is 11.6 Å². The van der Waals surface area contributed by atoms with Crippen molar-refractivity contribution in [2.24, 2.45) is 16.2 Å². The second kappa shape index (κ2) is 30.7. The van der Waals surface area contributed by atoms with E-state index in [1.807, 2.05) is 92.0 Å². The van der Waals surface area contributed by atoms with Crippen LogP contribution in [-0.2, 0) is 19.3 Å². The number of aromatic nitrogens is 6. The van der Waals surface area contributed by atoms with Gasteiger partial charge in [0.1, 0.15) is 38.1 Å². The molecule has 0 aliphatic carbocycles. The Morgan fingerprint density at radius 1 is 0.477 bits per heavy atom. The molecular formula is C63H90Br2N16O5. The topological polar surface area (TPSA) is 254 Å². The average Bonchev–Trinajstić information content (AvgIpc) is 1.64. The fraction of sp³-hybridized carbons (Fsp3) is 0.476. The number of halogens is 2. The number of amides is 3. The van der Waals surface area contributed by atoms with E-state index in [0.29, 0.717) is 52.8 Å². The summed E-state index contributed by atoms with van der Waals surface area (Å²) in [5.41, 5.74) is 6.79. The number of aryl methyl sites for hydroxylation is 6. The number of carbonyl (C=O) groups is 3. The maximum atomic E-state index is 12.0. The lowest BCUT2D eigenvalue weighted by atomic mass is 9.96. The maximum absolute atomic E-state index is 12.0. The summed E-state index contributed by atoms with van der Waals surface area (Å²) in [5, 5.41) is 29.8. The fourth-order valence-electron chi connectivity index (χ4n) is 8.98. The second-order valence-corrected chi connectivity index (χ2v) is 26.3. The van der Waals surface area contributed by atoms with Crippen molar-refractivity contribution in [2.45, 2.75) is 123 Å². The van der Waals surface area contributed by atoms with Crippen LogP contribution in [0, 0.1) is 47.1 Å². The van der Waals surface area contributed by atoms with Gasteiger partial charge in [-0.25, -0.2) is 29.9 Å². The van der Waals surface area contributed by atoms with Crippen molar-refractivity contribution >= 4 is 107 Å². The first-order chi connectivity index (χ1) is 40.1. The van der Waals surface area contributed by atoms with E-state index in [1.54, 1.807) is 51.3 Å². The normalized spacial score (nSPS) is 11.2. The van der Waals surface area contributed by atoms with Gasteiger partial charge in [-0.05, 0) is 122 Å². The number of hydrogen-bond donors (Lipinski definition) is 6. The third-order valence-corrected chi connectivity index (χ3v) is 14.4. The van der Waals surface area contributed by atoms with Crippen LogP contribution in [0.4, 0.5) is 57.7 Å². The lowest BCUT2D eigenvalue weighted by molar-refractivity contribution is -0.383. The Hall–Kier alpha value is -7.53. The molecule has 3 aromatic heterocycles. The van der Waals surface area contributed by atoms with Gasteiger partial charge in [0.2, 0.25) is 11.6 Å². The highest BCUT2D eigenvalue weighted by Crippen LogP contribution is 2.38. The van der Waals surface area contributed by atoms with Gasteiger partial charge in [-0.2, -0.15) is 0 Å². The molecule has 0 radical (unpaired) electrons. The van der Waals surface area contributed by atoms with Gasteiger partial charge in [0.25, 0.3) is 17.7 Å². The molecule has 6 N–H and O–H groups in total. The molecule has 6 aromatic rings. The Kier molecular flexibility index (Phi) is 25.3. The molecule has 23 heteroatoms. The highest BCUT2D eigenvalue weighted by Gasteiger charge is 2.30. The van der Waals surface area contributed by atoms with Crippen molar-refractivity contribution in [1.29, 1.82) is 0 Å². The number of carbonyl (C=O) groups excluding carboxylic acids is 3. The molecule has 0 atom stereocenters. The smallest absolute Gasteiger partial charge is 0.353 e. The molecule has 0 spiro atoms. The van der Waals surface area contributed by atoms with Crippen LogP contribution in [0.15, 0.2) is 63.5 Å². The molecular weight excluding hydrogens is 1220 g/mol. The Morgan fingerprint density at radius 2 is 0.744 bits per heavy atom. The molecule has 21 nitrogen and oxygen atoms in total. The second-order valence-electron chi connectivity index (χ2n) is 24.7. The van der Waals surface area contributed by atoms with E-state index in [0.717, 1.165) is 86.2 Å². The van der Waals surface area contributed by atoms with Gasteiger partial charge < -0.3 is 46.6 Å². The van der Waals surface area contributed by atoms with E-state index in [-0.39, 0.29) is 51.3 Å². The first-order valence-corrected chi connectivity index (χ1v) is 30.3. The molecule has 3 aromatic carbocycles. The summed E-state index contributed by atoms with van der Waals surface area (Å²) in [6.45, 7) is 33.5. The van der Waals surface area contributed by atoms with E-state index in [2.05, 4.69) is 156 Å². The predicted molar refractivity (Wildman–Crippen MR) is 358 cm³/mol. The number of nitrogens with zero attached hydrogens (tertiary/aromatic N) is 10. The fourth-order valence-corrected chi connectivity index (χ4v) is 10.1. The zero-order chi connectivity index (χ0) is 64.8. The van der Waals surface area contributed by atoms with E-state index in [1.165, 1.54) is 0 Å². The van der Waals surface area contributed by atoms with Gasteiger partial charge in [-0.3, -0.25) is 24.5 Å².